The van der Waals surface area contributed by atoms with E-state index in [0.29, 0.717) is 16.9 Å². The van der Waals surface area contributed by atoms with Crippen molar-refractivity contribution in [2.24, 2.45) is 12.9 Å². The summed E-state index contributed by atoms with van der Waals surface area (Å²) < 4.78 is 41.0. The number of anilines is 2. The fourth-order valence-corrected chi connectivity index (χ4v) is 3.59. The quantitative estimate of drug-likeness (QED) is 0.254. The molecule has 0 atom stereocenters. The van der Waals surface area contributed by atoms with Gasteiger partial charge in [0.15, 0.2) is 0 Å². The number of halogens is 4. The maximum absolute atomic E-state index is 13.1. The van der Waals surface area contributed by atoms with Gasteiger partial charge < -0.3 is 15.7 Å². The number of aromatic nitrogens is 3. The lowest BCUT2D eigenvalue weighted by molar-refractivity contribution is -0.137. The molecule has 2 heterocycles. The fourth-order valence-electron chi connectivity index (χ4n) is 3.10. The van der Waals surface area contributed by atoms with E-state index in [0.717, 1.165) is 17.8 Å². The van der Waals surface area contributed by atoms with Crippen LogP contribution in [0.25, 0.3) is 0 Å². The predicted molar refractivity (Wildman–Crippen MR) is 122 cm³/mol. The average Bonchev–Trinajstić information content (AvgIpc) is 3.05. The van der Waals surface area contributed by atoms with Crippen molar-refractivity contribution in [2.75, 3.05) is 16.9 Å². The minimum absolute atomic E-state index is 0.0257. The van der Waals surface area contributed by atoms with E-state index in [1.54, 1.807) is 24.9 Å². The summed E-state index contributed by atoms with van der Waals surface area (Å²) in [6.07, 6.45) is -1.67. The Morgan fingerprint density at radius 1 is 1.24 bits per heavy atom. The summed E-state index contributed by atoms with van der Waals surface area (Å²) in [5.74, 6) is 5.51. The van der Waals surface area contributed by atoms with Gasteiger partial charge in [0.25, 0.3) is 5.91 Å². The SMILES string of the molecule is Cc1ncc(C(=O)Nc2cc(Br)cc(C(F)(F)F)c2)cc1N(N)CC(=N)c1cnn(C)c1C. The standard InChI is InChI=1S/C21H21BrF3N7O/c1-11-19(32(27)10-18(26)17-9-29-31(3)12(17)2)4-13(8-28-11)20(33)30-16-6-14(21(23,24)25)5-15(22)7-16/h4-9,26H,10,27H2,1-3H3,(H,30,33). The third-order valence-corrected chi connectivity index (χ3v) is 5.46. The minimum atomic E-state index is -4.56. The molecule has 0 aliphatic rings. The first-order chi connectivity index (χ1) is 15.4. The van der Waals surface area contributed by atoms with Crippen molar-refractivity contribution in [3.8, 4) is 0 Å². The number of hydrazine groups is 1. The molecule has 4 N–H and O–H groups in total. The number of hydrogen-bond acceptors (Lipinski definition) is 6. The zero-order valence-electron chi connectivity index (χ0n) is 18.0. The maximum atomic E-state index is 13.1. The molecule has 0 saturated heterocycles. The molecule has 8 nitrogen and oxygen atoms in total. The number of hydrogen-bond donors (Lipinski definition) is 3. The van der Waals surface area contributed by atoms with Gasteiger partial charge in [0.1, 0.15) is 0 Å². The first-order valence-corrected chi connectivity index (χ1v) is 10.4. The lowest BCUT2D eigenvalue weighted by Gasteiger charge is -2.21. The Bertz CT molecular complexity index is 1220. The zero-order valence-corrected chi connectivity index (χ0v) is 19.5. The number of carbonyl (C=O) groups excluding carboxylic acids is 1. The number of alkyl halides is 3. The predicted octanol–water partition coefficient (Wildman–Crippen LogP) is 4.21. The highest BCUT2D eigenvalue weighted by molar-refractivity contribution is 9.10. The molecule has 3 rings (SSSR count). The highest BCUT2D eigenvalue weighted by Crippen LogP contribution is 2.33. The Labute approximate surface area is 196 Å². The van der Waals surface area contributed by atoms with Gasteiger partial charge in [-0.05, 0) is 38.1 Å². The van der Waals surface area contributed by atoms with Crippen LogP contribution in [-0.2, 0) is 13.2 Å². The van der Waals surface area contributed by atoms with Crippen molar-refractivity contribution in [3.05, 3.63) is 69.2 Å². The number of nitrogens with one attached hydrogen (secondary N) is 2. The molecule has 12 heteroatoms. The third kappa shape index (κ3) is 5.57. The summed E-state index contributed by atoms with van der Waals surface area (Å²) in [5.41, 5.74) is 1.78. The van der Waals surface area contributed by atoms with Gasteiger partial charge in [-0.25, -0.2) is 5.84 Å². The summed E-state index contributed by atoms with van der Waals surface area (Å²) >= 11 is 3.03. The fraction of sp³-hybridized carbons (Fsp3) is 0.238. The second kappa shape index (κ2) is 9.32. The van der Waals surface area contributed by atoms with Gasteiger partial charge in [-0.2, -0.15) is 18.3 Å². The lowest BCUT2D eigenvalue weighted by atomic mass is 10.1. The van der Waals surface area contributed by atoms with Crippen molar-refractivity contribution < 1.29 is 18.0 Å². The number of rotatable bonds is 6. The van der Waals surface area contributed by atoms with Gasteiger partial charge >= 0.3 is 6.18 Å². The van der Waals surface area contributed by atoms with Gasteiger partial charge in [0.2, 0.25) is 0 Å². The molecule has 1 aromatic carbocycles. The molecule has 174 valence electrons. The van der Waals surface area contributed by atoms with E-state index in [1.165, 1.54) is 23.3 Å². The molecule has 2 aromatic heterocycles. The van der Waals surface area contributed by atoms with Crippen LogP contribution >= 0.6 is 15.9 Å². The third-order valence-electron chi connectivity index (χ3n) is 5.00. The smallest absolute Gasteiger partial charge is 0.322 e. The van der Waals surface area contributed by atoms with E-state index in [2.05, 4.69) is 31.3 Å². The number of benzene rings is 1. The maximum Gasteiger partial charge on any atom is 0.416 e. The monoisotopic (exact) mass is 523 g/mol. The second-order valence-electron chi connectivity index (χ2n) is 7.38. The van der Waals surface area contributed by atoms with Crippen LogP contribution in [0.1, 0.15) is 32.9 Å². The Kier molecular flexibility index (Phi) is 6.89. The van der Waals surface area contributed by atoms with E-state index >= 15 is 0 Å². The van der Waals surface area contributed by atoms with Crippen molar-refractivity contribution in [1.82, 2.24) is 14.8 Å². The molecule has 1 amide bonds. The summed E-state index contributed by atoms with van der Waals surface area (Å²) in [7, 11) is 1.77. The number of aryl methyl sites for hydroxylation is 2. The molecule has 0 saturated carbocycles. The zero-order chi connectivity index (χ0) is 24.5. The number of pyridine rings is 1. The van der Waals surface area contributed by atoms with Crippen LogP contribution < -0.4 is 16.2 Å². The van der Waals surface area contributed by atoms with Crippen LogP contribution in [0.3, 0.4) is 0 Å². The number of carbonyl (C=O) groups is 1. The van der Waals surface area contributed by atoms with E-state index in [-0.39, 0.29) is 28.0 Å². The highest BCUT2D eigenvalue weighted by Gasteiger charge is 2.31. The Balaban J connectivity index is 1.81. The molecular weight excluding hydrogens is 503 g/mol. The molecule has 0 aliphatic heterocycles. The molecule has 0 aliphatic carbocycles. The van der Waals surface area contributed by atoms with Crippen LogP contribution in [0.5, 0.6) is 0 Å². The lowest BCUT2D eigenvalue weighted by Crippen LogP contribution is -2.37. The molecule has 0 radical (unpaired) electrons. The van der Waals surface area contributed by atoms with Crippen LogP contribution in [0.2, 0.25) is 0 Å². The largest absolute Gasteiger partial charge is 0.416 e. The van der Waals surface area contributed by atoms with Gasteiger partial charge in [-0.1, -0.05) is 15.9 Å². The van der Waals surface area contributed by atoms with Crippen molar-refractivity contribution in [3.63, 3.8) is 0 Å². The highest BCUT2D eigenvalue weighted by atomic mass is 79.9. The van der Waals surface area contributed by atoms with Gasteiger partial charge in [0, 0.05) is 34.7 Å². The Morgan fingerprint density at radius 2 is 1.94 bits per heavy atom. The van der Waals surface area contributed by atoms with Crippen LogP contribution in [0.15, 0.2) is 41.1 Å². The normalized spacial score (nSPS) is 11.4. The van der Waals surface area contributed by atoms with Gasteiger partial charge in [-0.15, -0.1) is 0 Å². The Morgan fingerprint density at radius 3 is 2.55 bits per heavy atom. The average molecular weight is 524 g/mol. The summed E-state index contributed by atoms with van der Waals surface area (Å²) in [4.78, 5) is 16.9. The van der Waals surface area contributed by atoms with Crippen molar-refractivity contribution in [1.29, 1.82) is 5.41 Å². The van der Waals surface area contributed by atoms with Crippen LogP contribution in [0.4, 0.5) is 24.5 Å². The molecule has 0 unspecified atom stereocenters. The number of amides is 1. The van der Waals surface area contributed by atoms with E-state index in [1.807, 2.05) is 6.92 Å². The van der Waals surface area contributed by atoms with E-state index in [4.69, 9.17) is 11.3 Å². The molecule has 0 fully saturated rings. The van der Waals surface area contributed by atoms with Crippen LogP contribution in [0, 0.1) is 19.3 Å². The summed E-state index contributed by atoms with van der Waals surface area (Å²) in [5, 5.41) is 16.2. The Hall–Kier alpha value is -3.25. The second-order valence-corrected chi connectivity index (χ2v) is 8.30. The summed E-state index contributed by atoms with van der Waals surface area (Å²) in [6.45, 7) is 3.56. The number of nitrogens with zero attached hydrogens (tertiary/aromatic N) is 4. The molecular formula is C21H21BrF3N7O. The van der Waals surface area contributed by atoms with Gasteiger partial charge in [0.05, 0.1) is 41.0 Å². The van der Waals surface area contributed by atoms with Crippen molar-refractivity contribution >= 4 is 38.9 Å². The molecule has 33 heavy (non-hydrogen) atoms. The molecule has 0 spiro atoms. The first-order valence-electron chi connectivity index (χ1n) is 9.61. The molecule has 3 aromatic rings. The topological polar surface area (TPSA) is 113 Å². The molecule has 0 bridgehead atoms. The number of nitrogens with two attached hydrogens (primary N) is 1. The van der Waals surface area contributed by atoms with E-state index in [9.17, 15) is 18.0 Å². The van der Waals surface area contributed by atoms with Crippen LogP contribution in [-0.4, -0.2) is 32.9 Å². The first kappa shape index (κ1) is 24.4. The minimum Gasteiger partial charge on any atom is -0.322 e. The van der Waals surface area contributed by atoms with E-state index < -0.39 is 17.6 Å². The summed E-state index contributed by atoms with van der Waals surface area (Å²) in [6, 6.07) is 4.61. The van der Waals surface area contributed by atoms with Crippen molar-refractivity contribution in [2.45, 2.75) is 20.0 Å². The van der Waals surface area contributed by atoms with Gasteiger partial charge in [-0.3, -0.25) is 14.5 Å².